The second kappa shape index (κ2) is 19.1. The van der Waals surface area contributed by atoms with Crippen LogP contribution < -0.4 is 5.73 Å². The molecule has 0 aliphatic rings. The molecular formula is C52H49N5. The van der Waals surface area contributed by atoms with E-state index in [2.05, 4.69) is 116 Å². The van der Waals surface area contributed by atoms with Crippen molar-refractivity contribution in [3.8, 4) is 33.5 Å². The molecule has 5 heteroatoms. The van der Waals surface area contributed by atoms with Crippen LogP contribution in [0.15, 0.2) is 187 Å². The second-order valence-corrected chi connectivity index (χ2v) is 13.4. The van der Waals surface area contributed by atoms with Crippen LogP contribution >= 0.6 is 0 Å². The fourth-order valence-electron chi connectivity index (χ4n) is 6.64. The second-order valence-electron chi connectivity index (χ2n) is 13.4. The summed E-state index contributed by atoms with van der Waals surface area (Å²) in [5.74, 6) is 0.816. The molecule has 0 spiro atoms. The first-order chi connectivity index (χ1) is 27.9. The zero-order chi connectivity index (χ0) is 40.1. The number of aliphatic imine (C=N–C) groups is 2. The average molecular weight is 744 g/mol. The molecule has 0 radical (unpaired) electrons. The van der Waals surface area contributed by atoms with Gasteiger partial charge in [0.15, 0.2) is 5.84 Å². The molecule has 0 aliphatic carbocycles. The number of hydrogen-bond acceptors (Lipinski definition) is 3. The first-order valence-electron chi connectivity index (χ1n) is 19.5. The third-order valence-corrected chi connectivity index (χ3v) is 9.36. The molecule has 0 bridgehead atoms. The minimum absolute atomic E-state index is 0.338. The average Bonchev–Trinajstić information content (AvgIpc) is 3.26. The highest BCUT2D eigenvalue weighted by Crippen LogP contribution is 2.34. The number of nitrogens with zero attached hydrogens (tertiary/aromatic N) is 4. The number of benzene rings is 5. The van der Waals surface area contributed by atoms with Gasteiger partial charge in [0.25, 0.3) is 0 Å². The lowest BCUT2D eigenvalue weighted by Crippen LogP contribution is -2.17. The van der Waals surface area contributed by atoms with Crippen molar-refractivity contribution in [3.05, 3.63) is 205 Å². The van der Waals surface area contributed by atoms with E-state index in [1.165, 1.54) is 0 Å². The van der Waals surface area contributed by atoms with Crippen molar-refractivity contribution in [2.24, 2.45) is 15.7 Å². The highest BCUT2D eigenvalue weighted by atomic mass is 15.0. The van der Waals surface area contributed by atoms with E-state index in [9.17, 15) is 0 Å². The van der Waals surface area contributed by atoms with Crippen LogP contribution in [0, 0.1) is 6.92 Å². The van der Waals surface area contributed by atoms with E-state index in [1.807, 2.05) is 99.9 Å². The SMILES string of the molecule is C=C(N=C(N=C(N)c1cc(-c2ccc(-c3cc(C)cc(C(/C=C\C)=C/CC)n3)cc2)cc(-c2cncc3ccccc23)c1)c1ccccc1)c1ccccc1.CC. The van der Waals surface area contributed by atoms with E-state index in [0.717, 1.165) is 84.2 Å². The molecule has 5 aromatic carbocycles. The molecule has 0 saturated carbocycles. The van der Waals surface area contributed by atoms with Gasteiger partial charge < -0.3 is 5.73 Å². The number of hydrogen-bond donors (Lipinski definition) is 1. The molecule has 2 heterocycles. The van der Waals surface area contributed by atoms with Crippen molar-refractivity contribution >= 4 is 33.7 Å². The molecule has 2 aromatic heterocycles. The zero-order valence-corrected chi connectivity index (χ0v) is 33.4. The first-order valence-corrected chi connectivity index (χ1v) is 19.5. The van der Waals surface area contributed by atoms with Crippen LogP contribution in [0.25, 0.3) is 55.6 Å². The Morgan fingerprint density at radius 1 is 0.684 bits per heavy atom. The number of rotatable bonds is 10. The summed E-state index contributed by atoms with van der Waals surface area (Å²) >= 11 is 0. The van der Waals surface area contributed by atoms with Gasteiger partial charge in [-0.25, -0.2) is 15.0 Å². The van der Waals surface area contributed by atoms with Crippen LogP contribution in [0.4, 0.5) is 0 Å². The van der Waals surface area contributed by atoms with Gasteiger partial charge in [0.05, 0.1) is 17.1 Å². The Bertz CT molecular complexity index is 2590. The fourth-order valence-corrected chi connectivity index (χ4v) is 6.64. The molecule has 57 heavy (non-hydrogen) atoms. The molecular weight excluding hydrogens is 695 g/mol. The van der Waals surface area contributed by atoms with Crippen LogP contribution in [-0.2, 0) is 0 Å². The van der Waals surface area contributed by atoms with E-state index in [4.69, 9.17) is 20.7 Å². The predicted octanol–water partition coefficient (Wildman–Crippen LogP) is 13.2. The van der Waals surface area contributed by atoms with Crippen molar-refractivity contribution in [1.29, 1.82) is 0 Å². The van der Waals surface area contributed by atoms with Gasteiger partial charge in [-0.1, -0.05) is 155 Å². The number of pyridine rings is 2. The van der Waals surface area contributed by atoms with Gasteiger partial charge in [-0.05, 0) is 89.4 Å². The Morgan fingerprint density at radius 3 is 2.04 bits per heavy atom. The quantitative estimate of drug-likeness (QED) is 0.0861. The van der Waals surface area contributed by atoms with E-state index in [-0.39, 0.29) is 0 Å². The maximum Gasteiger partial charge on any atom is 0.162 e. The Kier molecular flexibility index (Phi) is 13.3. The summed E-state index contributed by atoms with van der Waals surface area (Å²) in [5.41, 5.74) is 19.3. The molecule has 2 N–H and O–H groups in total. The normalized spacial score (nSPS) is 12.1. The number of fused-ring (bicyclic) bond motifs is 1. The number of nitrogens with two attached hydrogens (primary N) is 1. The molecule has 282 valence electrons. The van der Waals surface area contributed by atoms with E-state index in [1.54, 1.807) is 0 Å². The van der Waals surface area contributed by atoms with Crippen LogP contribution in [0.2, 0.25) is 0 Å². The van der Waals surface area contributed by atoms with Gasteiger partial charge in [0, 0.05) is 40.0 Å². The van der Waals surface area contributed by atoms with Gasteiger partial charge in [0.1, 0.15) is 5.84 Å². The van der Waals surface area contributed by atoms with Crippen molar-refractivity contribution in [3.63, 3.8) is 0 Å². The molecule has 0 unspecified atom stereocenters. The van der Waals surface area contributed by atoms with E-state index in [0.29, 0.717) is 17.4 Å². The van der Waals surface area contributed by atoms with Crippen LogP contribution in [-0.4, -0.2) is 21.6 Å². The van der Waals surface area contributed by atoms with Crippen LogP contribution in [0.3, 0.4) is 0 Å². The molecule has 7 aromatic rings. The third-order valence-electron chi connectivity index (χ3n) is 9.36. The Hall–Kier alpha value is -6.98. The Labute approximate surface area is 337 Å². The minimum Gasteiger partial charge on any atom is -0.383 e. The van der Waals surface area contributed by atoms with Crippen LogP contribution in [0.5, 0.6) is 0 Å². The minimum atomic E-state index is 0.338. The topological polar surface area (TPSA) is 76.5 Å². The number of allylic oxidation sites excluding steroid dienone is 4. The molecule has 0 fully saturated rings. The molecule has 0 saturated heterocycles. The maximum absolute atomic E-state index is 6.96. The maximum atomic E-state index is 6.96. The van der Waals surface area contributed by atoms with Crippen molar-refractivity contribution < 1.29 is 0 Å². The summed E-state index contributed by atoms with van der Waals surface area (Å²) in [6.07, 6.45) is 11.1. The molecule has 0 atom stereocenters. The lowest BCUT2D eigenvalue weighted by atomic mass is 9.93. The van der Waals surface area contributed by atoms with Crippen LogP contribution in [0.1, 0.15) is 62.1 Å². The van der Waals surface area contributed by atoms with Crippen molar-refractivity contribution in [1.82, 2.24) is 9.97 Å². The highest BCUT2D eigenvalue weighted by Gasteiger charge is 2.14. The monoisotopic (exact) mass is 743 g/mol. The summed E-state index contributed by atoms with van der Waals surface area (Å²) in [5, 5.41) is 2.17. The largest absolute Gasteiger partial charge is 0.383 e. The molecule has 7 rings (SSSR count). The van der Waals surface area contributed by atoms with E-state index < -0.39 is 0 Å². The van der Waals surface area contributed by atoms with Gasteiger partial charge >= 0.3 is 0 Å². The lowest BCUT2D eigenvalue weighted by molar-refractivity contribution is 1.20. The zero-order valence-electron chi connectivity index (χ0n) is 33.4. The van der Waals surface area contributed by atoms with Gasteiger partial charge in [-0.2, -0.15) is 0 Å². The molecule has 0 aliphatic heterocycles. The van der Waals surface area contributed by atoms with Gasteiger partial charge in [-0.3, -0.25) is 4.98 Å². The smallest absolute Gasteiger partial charge is 0.162 e. The molecule has 0 amide bonds. The summed E-state index contributed by atoms with van der Waals surface area (Å²) in [7, 11) is 0. The van der Waals surface area contributed by atoms with E-state index >= 15 is 0 Å². The van der Waals surface area contributed by atoms with Crippen molar-refractivity contribution in [2.45, 2.75) is 41.0 Å². The Balaban J connectivity index is 0.00000270. The summed E-state index contributed by atoms with van der Waals surface area (Å²) in [6, 6.07) is 47.2. The fraction of sp³-hybridized carbons (Fsp3) is 0.115. The van der Waals surface area contributed by atoms with Gasteiger partial charge in [-0.15, -0.1) is 0 Å². The third kappa shape index (κ3) is 9.64. The van der Waals surface area contributed by atoms with Gasteiger partial charge in [0.2, 0.25) is 0 Å². The lowest BCUT2D eigenvalue weighted by Gasteiger charge is -2.13. The summed E-state index contributed by atoms with van der Waals surface area (Å²) in [4.78, 5) is 19.6. The summed E-state index contributed by atoms with van der Waals surface area (Å²) < 4.78 is 0. The molecule has 5 nitrogen and oxygen atoms in total. The number of aryl methyl sites for hydroxylation is 1. The standard InChI is InChI=1S/C50H43N5.C2H6/c1-5-15-38(16-6-2)47-27-34(3)28-48(54-47)39-25-23-37(24-26-39)42-29-43(46-33-52-32-41-21-13-14-22-45(41)46)31-44(30-42)49(51)55-50(40-19-11-8-12-20-40)53-35(4)36-17-9-7-10-18-36;1-2/h5,7-33H,4,6H2,1-3H3,(H2,51,53,55);1-2H3/b15-5-,38-16+;. The number of amidine groups is 2. The van der Waals surface area contributed by atoms with Crippen molar-refractivity contribution in [2.75, 3.05) is 0 Å². The predicted molar refractivity (Wildman–Crippen MR) is 244 cm³/mol. The summed E-state index contributed by atoms with van der Waals surface area (Å²) in [6.45, 7) is 14.6. The first kappa shape index (κ1) is 39.7. The number of aromatic nitrogens is 2. The highest BCUT2D eigenvalue weighted by molar-refractivity contribution is 6.13. The Morgan fingerprint density at radius 2 is 1.33 bits per heavy atom.